The van der Waals surface area contributed by atoms with E-state index in [0.29, 0.717) is 12.1 Å². The normalized spacial score (nSPS) is 10.5. The molecule has 3 N–H and O–H groups in total. The molecule has 0 spiro atoms. The first-order valence-corrected chi connectivity index (χ1v) is 6.02. The summed E-state index contributed by atoms with van der Waals surface area (Å²) >= 11 is 1.44. The molecule has 0 saturated carbocycles. The van der Waals surface area contributed by atoms with E-state index in [4.69, 9.17) is 5.11 Å². The summed E-state index contributed by atoms with van der Waals surface area (Å²) in [4.78, 5) is 11.7. The Balaban J connectivity index is 2.05. The molecule has 5 nitrogen and oxygen atoms in total. The quantitative estimate of drug-likeness (QED) is 0.779. The molecule has 0 saturated heterocycles. The second-order valence-electron chi connectivity index (χ2n) is 3.77. The van der Waals surface area contributed by atoms with Crippen LogP contribution in [-0.2, 0) is 6.54 Å². The predicted octanol–water partition coefficient (Wildman–Crippen LogP) is 2.40. The number of carboxylic acids is 1. The van der Waals surface area contributed by atoms with Crippen LogP contribution in [0.3, 0.4) is 0 Å². The highest BCUT2D eigenvalue weighted by atomic mass is 32.1. The summed E-state index contributed by atoms with van der Waals surface area (Å²) in [7, 11) is 0. The lowest BCUT2D eigenvalue weighted by atomic mass is 10.3. The zero-order valence-electron chi connectivity index (χ0n) is 9.57. The van der Waals surface area contributed by atoms with Gasteiger partial charge in [0.05, 0.1) is 22.6 Å². The number of anilines is 1. The number of thiophene rings is 1. The fraction of sp³-hybridized carbons (Fsp3) is 0.273. The smallest absolute Gasteiger partial charge is 0.336 e. The number of carbonyl (C=O) groups is 1. The Hall–Kier alpha value is -1.82. The molecule has 0 amide bonds. The number of rotatable bonds is 4. The van der Waals surface area contributed by atoms with Crippen molar-refractivity contribution in [2.45, 2.75) is 20.4 Å². The highest BCUT2D eigenvalue weighted by Gasteiger charge is 2.08. The fourth-order valence-corrected chi connectivity index (χ4v) is 2.37. The maximum absolute atomic E-state index is 10.7. The molecule has 6 heteroatoms. The van der Waals surface area contributed by atoms with Crippen LogP contribution >= 0.6 is 11.3 Å². The monoisotopic (exact) mass is 251 g/mol. The van der Waals surface area contributed by atoms with Crippen LogP contribution in [0, 0.1) is 13.8 Å². The summed E-state index contributed by atoms with van der Waals surface area (Å²) in [5.41, 5.74) is 3.22. The van der Waals surface area contributed by atoms with Crippen LogP contribution in [0.1, 0.15) is 26.6 Å². The summed E-state index contributed by atoms with van der Waals surface area (Å²) in [6.07, 6.45) is 0. The van der Waals surface area contributed by atoms with E-state index in [-0.39, 0.29) is 0 Å². The van der Waals surface area contributed by atoms with Crippen molar-refractivity contribution in [3.05, 3.63) is 33.3 Å². The standard InChI is InChI=1S/C11H13N3O2S/c1-6-10(7(2)14-13-6)12-4-9-3-8(5-17-9)11(15)16/h3,5,12H,4H2,1-2H3,(H,13,14)(H,15,16). The number of nitrogens with one attached hydrogen (secondary N) is 2. The third-order valence-electron chi connectivity index (χ3n) is 2.47. The van der Waals surface area contributed by atoms with Gasteiger partial charge in [-0.1, -0.05) is 0 Å². The number of aryl methyl sites for hydroxylation is 2. The molecule has 0 aliphatic rings. The van der Waals surface area contributed by atoms with Crippen LogP contribution in [0.4, 0.5) is 5.69 Å². The number of hydrogen-bond donors (Lipinski definition) is 3. The molecular formula is C11H13N3O2S. The average Bonchev–Trinajstić information content (AvgIpc) is 2.85. The van der Waals surface area contributed by atoms with Crippen molar-refractivity contribution in [1.29, 1.82) is 0 Å². The van der Waals surface area contributed by atoms with Crippen LogP contribution in [0.2, 0.25) is 0 Å². The zero-order valence-corrected chi connectivity index (χ0v) is 10.4. The average molecular weight is 251 g/mol. The lowest BCUT2D eigenvalue weighted by Gasteiger charge is -2.03. The molecule has 0 aliphatic carbocycles. The molecule has 0 bridgehead atoms. The molecule has 2 aromatic rings. The number of H-pyrrole nitrogens is 1. The first-order valence-electron chi connectivity index (χ1n) is 5.14. The predicted molar refractivity (Wildman–Crippen MR) is 66.7 cm³/mol. The van der Waals surface area contributed by atoms with Gasteiger partial charge in [0.15, 0.2) is 0 Å². The number of aromatic carboxylic acids is 1. The van der Waals surface area contributed by atoms with Gasteiger partial charge < -0.3 is 10.4 Å². The molecule has 2 rings (SSSR count). The van der Waals surface area contributed by atoms with Crippen molar-refractivity contribution in [2.75, 3.05) is 5.32 Å². The first-order chi connectivity index (χ1) is 8.08. The van der Waals surface area contributed by atoms with E-state index in [1.54, 1.807) is 11.4 Å². The molecule has 0 radical (unpaired) electrons. The number of hydrogen-bond acceptors (Lipinski definition) is 4. The third kappa shape index (κ3) is 2.47. The van der Waals surface area contributed by atoms with Crippen LogP contribution in [0.5, 0.6) is 0 Å². The van der Waals surface area contributed by atoms with Gasteiger partial charge >= 0.3 is 5.97 Å². The van der Waals surface area contributed by atoms with Crippen molar-refractivity contribution >= 4 is 23.0 Å². The summed E-state index contributed by atoms with van der Waals surface area (Å²) in [6, 6.07) is 1.69. The molecule has 0 aromatic carbocycles. The Labute approximate surface area is 102 Å². The van der Waals surface area contributed by atoms with Crippen LogP contribution < -0.4 is 5.32 Å². The number of carboxylic acid groups (broad SMARTS) is 1. The van der Waals surface area contributed by atoms with E-state index in [0.717, 1.165) is 22.0 Å². The van der Waals surface area contributed by atoms with E-state index in [1.807, 2.05) is 13.8 Å². The summed E-state index contributed by atoms with van der Waals surface area (Å²) in [5.74, 6) is -0.886. The summed E-state index contributed by atoms with van der Waals surface area (Å²) in [6.45, 7) is 4.47. The van der Waals surface area contributed by atoms with Gasteiger partial charge in [0, 0.05) is 16.8 Å². The SMILES string of the molecule is Cc1n[nH]c(C)c1NCc1cc(C(=O)O)cs1. The van der Waals surface area contributed by atoms with Crippen molar-refractivity contribution in [3.63, 3.8) is 0 Å². The second kappa shape index (κ2) is 4.58. The molecule has 0 fully saturated rings. The van der Waals surface area contributed by atoms with Crippen molar-refractivity contribution in [3.8, 4) is 0 Å². The molecule has 90 valence electrons. The molecule has 2 aromatic heterocycles. The van der Waals surface area contributed by atoms with Gasteiger partial charge in [0.1, 0.15) is 0 Å². The first kappa shape index (κ1) is 11.7. The summed E-state index contributed by atoms with van der Waals surface area (Å²) < 4.78 is 0. The largest absolute Gasteiger partial charge is 0.478 e. The Morgan fingerprint density at radius 3 is 2.88 bits per heavy atom. The van der Waals surface area contributed by atoms with Crippen molar-refractivity contribution in [1.82, 2.24) is 10.2 Å². The second-order valence-corrected chi connectivity index (χ2v) is 4.77. The minimum atomic E-state index is -0.886. The molecule has 2 heterocycles. The minimum Gasteiger partial charge on any atom is -0.478 e. The Morgan fingerprint density at radius 1 is 1.59 bits per heavy atom. The van der Waals surface area contributed by atoms with Gasteiger partial charge in [-0.15, -0.1) is 11.3 Å². The number of nitrogens with zero attached hydrogens (tertiary/aromatic N) is 1. The number of aromatic amines is 1. The topological polar surface area (TPSA) is 78.0 Å². The highest BCUT2D eigenvalue weighted by molar-refractivity contribution is 7.10. The molecule has 17 heavy (non-hydrogen) atoms. The van der Waals surface area contributed by atoms with Gasteiger partial charge in [-0.3, -0.25) is 5.10 Å². The molecular weight excluding hydrogens is 238 g/mol. The minimum absolute atomic E-state index is 0.340. The Morgan fingerprint density at radius 2 is 2.35 bits per heavy atom. The van der Waals surface area contributed by atoms with E-state index in [1.165, 1.54) is 11.3 Å². The number of aromatic nitrogens is 2. The van der Waals surface area contributed by atoms with Gasteiger partial charge in [0.25, 0.3) is 0 Å². The molecule has 0 unspecified atom stereocenters. The van der Waals surface area contributed by atoms with E-state index in [2.05, 4.69) is 15.5 Å². The zero-order chi connectivity index (χ0) is 12.4. The van der Waals surface area contributed by atoms with Crippen LogP contribution in [-0.4, -0.2) is 21.3 Å². The van der Waals surface area contributed by atoms with Crippen LogP contribution in [0.25, 0.3) is 0 Å². The Kier molecular flexibility index (Phi) is 3.14. The van der Waals surface area contributed by atoms with Crippen molar-refractivity contribution in [2.24, 2.45) is 0 Å². The lowest BCUT2D eigenvalue weighted by Crippen LogP contribution is -1.99. The van der Waals surface area contributed by atoms with E-state index in [9.17, 15) is 4.79 Å². The fourth-order valence-electron chi connectivity index (χ4n) is 1.57. The Bertz CT molecular complexity index is 525. The third-order valence-corrected chi connectivity index (χ3v) is 3.40. The summed E-state index contributed by atoms with van der Waals surface area (Å²) in [5, 5.41) is 20.7. The van der Waals surface area contributed by atoms with Crippen molar-refractivity contribution < 1.29 is 9.90 Å². The van der Waals surface area contributed by atoms with E-state index >= 15 is 0 Å². The highest BCUT2D eigenvalue weighted by Crippen LogP contribution is 2.20. The van der Waals surface area contributed by atoms with E-state index < -0.39 is 5.97 Å². The molecule has 0 atom stereocenters. The van der Waals surface area contributed by atoms with Gasteiger partial charge in [0.2, 0.25) is 0 Å². The maximum atomic E-state index is 10.7. The van der Waals surface area contributed by atoms with Gasteiger partial charge in [-0.2, -0.15) is 5.10 Å². The maximum Gasteiger partial charge on any atom is 0.336 e. The van der Waals surface area contributed by atoms with Crippen LogP contribution in [0.15, 0.2) is 11.4 Å². The lowest BCUT2D eigenvalue weighted by molar-refractivity contribution is 0.0697. The van der Waals surface area contributed by atoms with Gasteiger partial charge in [-0.05, 0) is 19.9 Å². The molecule has 0 aliphatic heterocycles. The van der Waals surface area contributed by atoms with Gasteiger partial charge in [-0.25, -0.2) is 4.79 Å².